The van der Waals surface area contributed by atoms with Gasteiger partial charge in [-0.3, -0.25) is 23.2 Å². The fourth-order valence-electron chi connectivity index (χ4n) is 5.23. The first-order chi connectivity index (χ1) is 20.6. The van der Waals surface area contributed by atoms with Crippen molar-refractivity contribution < 1.29 is 46.3 Å². The zero-order chi connectivity index (χ0) is 32.4. The number of carboxylic acid groups (broad SMARTS) is 1. The first kappa shape index (κ1) is 36.7. The summed E-state index contributed by atoms with van der Waals surface area (Å²) in [6.07, 6.45) is 6.45. The number of anilines is 2. The summed E-state index contributed by atoms with van der Waals surface area (Å²) in [5, 5.41) is 8.75. The molecule has 0 saturated carbocycles. The summed E-state index contributed by atoms with van der Waals surface area (Å²) >= 11 is 0. The van der Waals surface area contributed by atoms with E-state index in [1.165, 1.54) is 23.1 Å². The molecule has 0 radical (unpaired) electrons. The van der Waals surface area contributed by atoms with E-state index < -0.39 is 62.7 Å². The molecule has 12 nitrogen and oxygen atoms in total. The average Bonchev–Trinajstić information content (AvgIpc) is 3.27. The second kappa shape index (κ2) is 14.3. The van der Waals surface area contributed by atoms with Crippen LogP contribution in [-0.2, 0) is 29.9 Å². The molecule has 0 bridgehead atoms. The van der Waals surface area contributed by atoms with E-state index in [1.807, 2.05) is 24.8 Å². The van der Waals surface area contributed by atoms with Gasteiger partial charge in [0, 0.05) is 41.6 Å². The third-order valence-electron chi connectivity index (χ3n) is 7.45. The molecule has 15 heteroatoms. The van der Waals surface area contributed by atoms with Gasteiger partial charge in [0.05, 0.1) is 10.6 Å². The molecule has 2 aromatic rings. The maximum atomic E-state index is 12.8. The predicted octanol–water partition coefficient (Wildman–Crippen LogP) is 3.81. The molecule has 238 valence electrons. The molecule has 0 spiro atoms. The molecule has 0 fully saturated rings. The van der Waals surface area contributed by atoms with Crippen LogP contribution >= 0.6 is 10.6 Å². The Morgan fingerprint density at radius 2 is 1.73 bits per heavy atom. The number of ketones is 1. The van der Waals surface area contributed by atoms with Gasteiger partial charge in [0.1, 0.15) is 18.1 Å². The Morgan fingerprint density at radius 1 is 1.07 bits per heavy atom. The first-order valence-corrected chi connectivity index (χ1v) is 16.7. The zero-order valence-corrected chi connectivity index (χ0v) is 26.0. The van der Waals surface area contributed by atoms with Crippen LogP contribution in [0.5, 0.6) is 0 Å². The number of hydrogen-bond donors (Lipinski definition) is 4. The number of hydrogen-bond acceptors (Lipinski definition) is 9. The topological polar surface area (TPSA) is 182 Å². The van der Waals surface area contributed by atoms with Gasteiger partial charge < -0.3 is 19.6 Å². The monoisotopic (exact) mass is 670 g/mol. The van der Waals surface area contributed by atoms with Crippen molar-refractivity contribution in [2.24, 2.45) is 0 Å². The summed E-state index contributed by atoms with van der Waals surface area (Å²) in [4.78, 5) is 39.5. The van der Waals surface area contributed by atoms with Crippen molar-refractivity contribution in [3.05, 3.63) is 88.5 Å². The number of likely N-dealkylation sites (N-methyl/N-ethyl adjacent to an activating group) is 1. The van der Waals surface area contributed by atoms with E-state index in [2.05, 4.69) is 0 Å². The standard InChI is InChI=1S/C30H34N2O10S2.Na.H/c1-30(2)22-17-20(31(3)27(33)18-42-19-28(34)35)13-14-23(22)32(15-8-16-43(37,38)39)26(30)12-7-6-11-25-29(36)21-9-4-5-10-24(21)44(25,40)41;;/h4-7,9-14,17,40-41H,8,15-16,18-19H2,1-3H3,(H,34,35)(H,37,38,39);;. The van der Waals surface area contributed by atoms with Crippen LogP contribution < -0.4 is 9.80 Å². The molecular weight excluding hydrogens is 635 g/mol. The number of carboxylic acids is 1. The maximum absolute atomic E-state index is 12.8. The van der Waals surface area contributed by atoms with Crippen molar-refractivity contribution in [2.75, 3.05) is 42.4 Å². The molecule has 4 N–H and O–H groups in total. The quantitative estimate of drug-likeness (QED) is 0.155. The van der Waals surface area contributed by atoms with Crippen LogP contribution in [0.3, 0.4) is 0 Å². The van der Waals surface area contributed by atoms with E-state index in [4.69, 9.17) is 9.84 Å². The molecule has 2 heterocycles. The van der Waals surface area contributed by atoms with Gasteiger partial charge in [-0.15, -0.1) is 10.6 Å². The Morgan fingerprint density at radius 3 is 2.38 bits per heavy atom. The van der Waals surface area contributed by atoms with Crippen LogP contribution in [0.25, 0.3) is 0 Å². The van der Waals surface area contributed by atoms with Crippen molar-refractivity contribution in [1.29, 1.82) is 0 Å². The second-order valence-corrected chi connectivity index (χ2v) is 14.3. The van der Waals surface area contributed by atoms with Crippen molar-refractivity contribution in [2.45, 2.75) is 30.6 Å². The molecule has 0 aromatic heterocycles. The third kappa shape index (κ3) is 7.96. The zero-order valence-electron chi connectivity index (χ0n) is 24.3. The van der Waals surface area contributed by atoms with Crippen LogP contribution in [0.4, 0.5) is 11.4 Å². The van der Waals surface area contributed by atoms with Gasteiger partial charge in [0.15, 0.2) is 0 Å². The summed E-state index contributed by atoms with van der Waals surface area (Å²) in [6.45, 7) is 3.11. The second-order valence-electron chi connectivity index (χ2n) is 10.8. The van der Waals surface area contributed by atoms with Crippen LogP contribution in [0.15, 0.2) is 82.3 Å². The van der Waals surface area contributed by atoms with Gasteiger partial charge in [-0.2, -0.15) is 8.42 Å². The Balaban J connectivity index is 0.00000552. The van der Waals surface area contributed by atoms with E-state index >= 15 is 0 Å². The minimum atomic E-state index is -4.19. The molecular formula is C30H35N2NaO10S2. The summed E-state index contributed by atoms with van der Waals surface area (Å²) in [5.41, 5.74) is 2.45. The minimum absolute atomic E-state index is 0. The molecule has 0 aliphatic carbocycles. The number of carbonyl (C=O) groups is 3. The van der Waals surface area contributed by atoms with Crippen molar-refractivity contribution in [1.82, 2.24) is 0 Å². The van der Waals surface area contributed by atoms with Crippen molar-refractivity contribution >= 4 is 79.3 Å². The molecule has 45 heavy (non-hydrogen) atoms. The summed E-state index contributed by atoms with van der Waals surface area (Å²) in [6, 6.07) is 11.7. The van der Waals surface area contributed by atoms with Gasteiger partial charge in [0.2, 0.25) is 5.78 Å². The van der Waals surface area contributed by atoms with Gasteiger partial charge in [-0.25, -0.2) is 4.79 Å². The first-order valence-electron chi connectivity index (χ1n) is 13.5. The number of carbonyl (C=O) groups excluding carboxylic acids is 2. The van der Waals surface area contributed by atoms with Gasteiger partial charge >= 0.3 is 35.5 Å². The third-order valence-corrected chi connectivity index (χ3v) is 10.2. The van der Waals surface area contributed by atoms with Crippen molar-refractivity contribution in [3.8, 4) is 0 Å². The molecule has 1 amide bonds. The van der Waals surface area contributed by atoms with Crippen LogP contribution in [-0.4, -0.2) is 107 Å². The van der Waals surface area contributed by atoms with E-state index in [-0.39, 0.29) is 57.9 Å². The molecule has 2 aliphatic rings. The fourth-order valence-corrected chi connectivity index (χ4v) is 7.33. The number of aliphatic carboxylic acids is 1. The fraction of sp³-hybridized carbons (Fsp3) is 0.300. The van der Waals surface area contributed by atoms with Crippen molar-refractivity contribution in [3.63, 3.8) is 0 Å². The normalized spacial score (nSPS) is 19.0. The number of rotatable bonds is 11. The molecule has 4 rings (SSSR count). The van der Waals surface area contributed by atoms with Crippen LogP contribution in [0, 0.1) is 0 Å². The average molecular weight is 671 g/mol. The van der Waals surface area contributed by atoms with E-state index in [9.17, 15) is 36.5 Å². The van der Waals surface area contributed by atoms with Crippen LogP contribution in [0.2, 0.25) is 0 Å². The number of fused-ring (bicyclic) bond motifs is 2. The number of amides is 1. The Hall–Kier alpha value is -2.79. The Bertz CT molecular complexity index is 1700. The summed E-state index contributed by atoms with van der Waals surface area (Å²) in [7, 11) is -6.10. The van der Waals surface area contributed by atoms with Gasteiger partial charge in [-0.05, 0) is 54.5 Å². The van der Waals surface area contributed by atoms with E-state index in [1.54, 1.807) is 49.5 Å². The summed E-state index contributed by atoms with van der Waals surface area (Å²) < 4.78 is 58.5. The summed E-state index contributed by atoms with van der Waals surface area (Å²) in [5.74, 6) is -2.54. The molecule has 0 saturated heterocycles. The number of allylic oxidation sites excluding steroid dienone is 6. The van der Waals surface area contributed by atoms with E-state index in [0.29, 0.717) is 5.69 Å². The molecule has 2 aromatic carbocycles. The number of benzene rings is 2. The molecule has 2 aliphatic heterocycles. The van der Waals surface area contributed by atoms with Crippen LogP contribution in [0.1, 0.15) is 36.2 Å². The number of Topliss-reactive ketones (excluding diaryl/α,β-unsaturated/α-hetero) is 1. The SMILES string of the molecule is CN(C(=O)COCC(=O)O)c1ccc2c(c1)C(C)(C)C(=CC=CC=C1C(=O)c3ccccc3S1(O)O)N2CCCS(=O)(=O)O.[NaH]. The predicted molar refractivity (Wildman–Crippen MR) is 174 cm³/mol. The number of ether oxygens (including phenoxy) is 1. The van der Waals surface area contributed by atoms with Gasteiger partial charge in [-0.1, -0.05) is 38.1 Å². The number of nitrogens with zero attached hydrogens (tertiary/aromatic N) is 2. The van der Waals surface area contributed by atoms with E-state index in [0.717, 1.165) is 16.9 Å². The van der Waals surface area contributed by atoms with Gasteiger partial charge in [0.25, 0.3) is 16.0 Å². The Labute approximate surface area is 285 Å². The molecule has 0 atom stereocenters. The Kier molecular flexibility index (Phi) is 11.7. The molecule has 0 unspecified atom stereocenters.